The van der Waals surface area contributed by atoms with Gasteiger partial charge >= 0.3 is 5.97 Å². The zero-order valence-electron chi connectivity index (χ0n) is 14.4. The Bertz CT molecular complexity index is 953. The fourth-order valence-corrected chi connectivity index (χ4v) is 2.85. The Hall–Kier alpha value is -3.28. The van der Waals surface area contributed by atoms with E-state index >= 15 is 0 Å². The Kier molecular flexibility index (Phi) is 4.93. The van der Waals surface area contributed by atoms with Crippen molar-refractivity contribution in [2.75, 3.05) is 14.2 Å². The Labute approximate surface area is 149 Å². The van der Waals surface area contributed by atoms with E-state index in [9.17, 15) is 14.7 Å². The van der Waals surface area contributed by atoms with Crippen molar-refractivity contribution in [1.82, 2.24) is 0 Å². The van der Waals surface area contributed by atoms with Crippen LogP contribution in [-0.4, -0.2) is 31.6 Å². The van der Waals surface area contributed by atoms with Crippen LogP contribution >= 0.6 is 0 Å². The number of phenols is 1. The third-order valence-electron chi connectivity index (χ3n) is 4.21. The Morgan fingerprint density at radius 2 is 1.92 bits per heavy atom. The number of furan rings is 1. The topological polar surface area (TPSA) is 86.0 Å². The van der Waals surface area contributed by atoms with Gasteiger partial charge in [0.2, 0.25) is 0 Å². The maximum Gasteiger partial charge on any atom is 0.305 e. The first kappa shape index (κ1) is 17.5. The number of aldehydes is 1. The smallest absolute Gasteiger partial charge is 0.305 e. The molecule has 0 atom stereocenters. The summed E-state index contributed by atoms with van der Waals surface area (Å²) in [5, 5.41) is 10.0. The lowest BCUT2D eigenvalue weighted by atomic mass is 9.99. The SMILES string of the molecule is COC(=O)CCc1cc(OC)c2oc(-c3ccc(O)cc3)cc2c1C=O. The molecular formula is C20H18O6. The molecule has 0 bridgehead atoms. The summed E-state index contributed by atoms with van der Waals surface area (Å²) in [5.74, 6) is 0.834. The number of aromatic hydroxyl groups is 1. The second kappa shape index (κ2) is 7.31. The zero-order valence-corrected chi connectivity index (χ0v) is 14.4. The number of ether oxygens (including phenoxy) is 2. The molecule has 26 heavy (non-hydrogen) atoms. The molecule has 3 rings (SSSR count). The molecule has 0 aliphatic heterocycles. The van der Waals surface area contributed by atoms with Gasteiger partial charge in [-0.3, -0.25) is 9.59 Å². The van der Waals surface area contributed by atoms with Crippen molar-refractivity contribution in [1.29, 1.82) is 0 Å². The van der Waals surface area contributed by atoms with E-state index in [1.165, 1.54) is 14.2 Å². The second-order valence-electron chi connectivity index (χ2n) is 5.75. The summed E-state index contributed by atoms with van der Waals surface area (Å²) in [6, 6.07) is 10.0. The second-order valence-corrected chi connectivity index (χ2v) is 5.75. The number of methoxy groups -OCH3 is 2. The van der Waals surface area contributed by atoms with Gasteiger partial charge in [0.05, 0.1) is 14.2 Å². The number of phenolic OH excluding ortho intramolecular Hbond substituents is 1. The van der Waals surface area contributed by atoms with Gasteiger partial charge in [-0.15, -0.1) is 0 Å². The van der Waals surface area contributed by atoms with E-state index in [2.05, 4.69) is 4.74 Å². The van der Waals surface area contributed by atoms with Gasteiger partial charge in [-0.1, -0.05) is 0 Å². The number of hydrogen-bond acceptors (Lipinski definition) is 6. The van der Waals surface area contributed by atoms with Crippen LogP contribution in [0.5, 0.6) is 11.5 Å². The van der Waals surface area contributed by atoms with Crippen LogP contribution < -0.4 is 4.74 Å². The van der Waals surface area contributed by atoms with E-state index in [0.717, 1.165) is 11.8 Å². The predicted octanol–water partition coefficient (Wildman–Crippen LogP) is 3.73. The fourth-order valence-electron chi connectivity index (χ4n) is 2.85. The number of hydrogen-bond donors (Lipinski definition) is 1. The van der Waals surface area contributed by atoms with E-state index in [4.69, 9.17) is 9.15 Å². The lowest BCUT2D eigenvalue weighted by molar-refractivity contribution is -0.140. The van der Waals surface area contributed by atoms with Crippen LogP contribution in [0.25, 0.3) is 22.3 Å². The molecule has 134 valence electrons. The van der Waals surface area contributed by atoms with Gasteiger partial charge in [0.1, 0.15) is 11.5 Å². The zero-order chi connectivity index (χ0) is 18.7. The van der Waals surface area contributed by atoms with Crippen molar-refractivity contribution in [3.05, 3.63) is 47.5 Å². The van der Waals surface area contributed by atoms with Crippen LogP contribution in [0.3, 0.4) is 0 Å². The molecule has 0 saturated carbocycles. The monoisotopic (exact) mass is 354 g/mol. The molecular weight excluding hydrogens is 336 g/mol. The highest BCUT2D eigenvalue weighted by Crippen LogP contribution is 2.37. The molecule has 0 fully saturated rings. The number of esters is 1. The summed E-state index contributed by atoms with van der Waals surface area (Å²) < 4.78 is 16.0. The summed E-state index contributed by atoms with van der Waals surface area (Å²) >= 11 is 0. The van der Waals surface area contributed by atoms with Gasteiger partial charge in [-0.25, -0.2) is 0 Å². The summed E-state index contributed by atoms with van der Waals surface area (Å²) in [5.41, 5.74) is 2.36. The molecule has 0 radical (unpaired) electrons. The number of carbonyl (C=O) groups excluding carboxylic acids is 2. The van der Waals surface area contributed by atoms with Crippen LogP contribution in [0.1, 0.15) is 22.3 Å². The molecule has 6 nitrogen and oxygen atoms in total. The fraction of sp³-hybridized carbons (Fsp3) is 0.200. The molecule has 3 aromatic rings. The molecule has 0 unspecified atom stereocenters. The van der Waals surface area contributed by atoms with Crippen LogP contribution in [0.2, 0.25) is 0 Å². The number of aryl methyl sites for hydroxylation is 1. The molecule has 6 heteroatoms. The van der Waals surface area contributed by atoms with Crippen molar-refractivity contribution in [3.8, 4) is 22.8 Å². The molecule has 0 aliphatic rings. The van der Waals surface area contributed by atoms with E-state index in [0.29, 0.717) is 40.0 Å². The molecule has 0 amide bonds. The van der Waals surface area contributed by atoms with Gasteiger partial charge in [-0.05, 0) is 48.4 Å². The van der Waals surface area contributed by atoms with Gasteiger partial charge in [0.15, 0.2) is 17.6 Å². The summed E-state index contributed by atoms with van der Waals surface area (Å²) in [6.07, 6.45) is 1.27. The highest BCUT2D eigenvalue weighted by atomic mass is 16.5. The normalized spacial score (nSPS) is 10.7. The van der Waals surface area contributed by atoms with Crippen molar-refractivity contribution in [2.24, 2.45) is 0 Å². The lowest BCUT2D eigenvalue weighted by Gasteiger charge is -2.09. The Morgan fingerprint density at radius 1 is 1.19 bits per heavy atom. The predicted molar refractivity (Wildman–Crippen MR) is 95.6 cm³/mol. The van der Waals surface area contributed by atoms with Gasteiger partial charge < -0.3 is 19.0 Å². The molecule has 1 heterocycles. The quantitative estimate of drug-likeness (QED) is 0.536. The summed E-state index contributed by atoms with van der Waals surface area (Å²) in [7, 11) is 2.84. The van der Waals surface area contributed by atoms with E-state index < -0.39 is 0 Å². The number of benzene rings is 2. The number of carbonyl (C=O) groups is 2. The first-order chi connectivity index (χ1) is 12.6. The van der Waals surface area contributed by atoms with E-state index in [1.807, 2.05) is 0 Å². The van der Waals surface area contributed by atoms with Gasteiger partial charge in [0.25, 0.3) is 0 Å². The van der Waals surface area contributed by atoms with Crippen LogP contribution in [0, 0.1) is 0 Å². The first-order valence-corrected chi connectivity index (χ1v) is 8.02. The van der Waals surface area contributed by atoms with Crippen LogP contribution in [0.4, 0.5) is 0 Å². The third kappa shape index (κ3) is 3.26. The minimum absolute atomic E-state index is 0.154. The molecule has 0 saturated heterocycles. The van der Waals surface area contributed by atoms with Crippen molar-refractivity contribution in [3.63, 3.8) is 0 Å². The molecule has 0 aliphatic carbocycles. The highest BCUT2D eigenvalue weighted by Gasteiger charge is 2.18. The third-order valence-corrected chi connectivity index (χ3v) is 4.21. The average molecular weight is 354 g/mol. The highest BCUT2D eigenvalue weighted by molar-refractivity contribution is 6.02. The van der Waals surface area contributed by atoms with Crippen LogP contribution in [-0.2, 0) is 16.0 Å². The number of rotatable bonds is 6. The first-order valence-electron chi connectivity index (χ1n) is 8.02. The largest absolute Gasteiger partial charge is 0.508 e. The Balaban J connectivity index is 2.12. The maximum atomic E-state index is 11.7. The molecule has 0 spiro atoms. The van der Waals surface area contributed by atoms with Crippen molar-refractivity contribution >= 4 is 23.2 Å². The number of fused-ring (bicyclic) bond motifs is 1. The molecule has 1 aromatic heterocycles. The standard InChI is InChI=1S/C20H18O6/c1-24-18-9-13(5-8-19(23)25-2)16(11-21)15-10-17(26-20(15)18)12-3-6-14(22)7-4-12/h3-4,6-7,9-11,22H,5,8H2,1-2H3. The summed E-state index contributed by atoms with van der Waals surface area (Å²) in [6.45, 7) is 0. The van der Waals surface area contributed by atoms with Gasteiger partial charge in [-0.2, -0.15) is 0 Å². The maximum absolute atomic E-state index is 11.7. The molecule has 1 N–H and O–H groups in total. The van der Waals surface area contributed by atoms with Crippen molar-refractivity contribution < 1.29 is 28.6 Å². The van der Waals surface area contributed by atoms with E-state index in [1.54, 1.807) is 36.4 Å². The summed E-state index contributed by atoms with van der Waals surface area (Å²) in [4.78, 5) is 23.2. The lowest BCUT2D eigenvalue weighted by Crippen LogP contribution is -2.04. The van der Waals surface area contributed by atoms with Crippen molar-refractivity contribution in [2.45, 2.75) is 12.8 Å². The molecule has 2 aromatic carbocycles. The van der Waals surface area contributed by atoms with Gasteiger partial charge in [0, 0.05) is 22.9 Å². The van der Waals surface area contributed by atoms with Crippen LogP contribution in [0.15, 0.2) is 40.8 Å². The van der Waals surface area contributed by atoms with E-state index in [-0.39, 0.29) is 18.1 Å². The minimum atomic E-state index is -0.349. The minimum Gasteiger partial charge on any atom is -0.508 e. The Morgan fingerprint density at radius 3 is 2.54 bits per heavy atom. The average Bonchev–Trinajstić information content (AvgIpc) is 3.10.